The molecule has 2 N–H and O–H groups in total. The predicted molar refractivity (Wildman–Crippen MR) is 99.9 cm³/mol. The minimum atomic E-state index is 0.484. The molecule has 4 rings (SSSR count). The van der Waals surface area contributed by atoms with Crippen molar-refractivity contribution in [2.45, 2.75) is 10.9 Å². The van der Waals surface area contributed by atoms with Gasteiger partial charge in [0.25, 0.3) is 0 Å². The lowest BCUT2D eigenvalue weighted by atomic mass is 10.2. The Morgan fingerprint density at radius 2 is 1.96 bits per heavy atom. The molecule has 8 heteroatoms. The van der Waals surface area contributed by atoms with Gasteiger partial charge in [-0.25, -0.2) is 9.97 Å². The largest absolute Gasteiger partial charge is 0.383 e. The van der Waals surface area contributed by atoms with Crippen molar-refractivity contribution in [1.82, 2.24) is 24.7 Å². The van der Waals surface area contributed by atoms with Crippen LogP contribution in [0.2, 0.25) is 5.02 Å². The number of halogens is 1. The fourth-order valence-corrected chi connectivity index (χ4v) is 3.44. The van der Waals surface area contributed by atoms with Crippen LogP contribution in [0.25, 0.3) is 16.6 Å². The van der Waals surface area contributed by atoms with Crippen LogP contribution >= 0.6 is 23.4 Å². The summed E-state index contributed by atoms with van der Waals surface area (Å²) in [5.41, 5.74) is 7.77. The Morgan fingerprint density at radius 1 is 1.08 bits per heavy atom. The molecule has 0 amide bonds. The summed E-state index contributed by atoms with van der Waals surface area (Å²) in [6.45, 7) is 0. The van der Waals surface area contributed by atoms with E-state index in [1.807, 2.05) is 53.1 Å². The van der Waals surface area contributed by atoms with Gasteiger partial charge in [0.2, 0.25) is 0 Å². The number of hydrogen-bond donors (Lipinski definition) is 1. The molecule has 2 heterocycles. The molecule has 0 aliphatic heterocycles. The highest BCUT2D eigenvalue weighted by molar-refractivity contribution is 7.98. The molecule has 0 fully saturated rings. The number of thioether (sulfide) groups is 1. The smallest absolute Gasteiger partial charge is 0.196 e. The van der Waals surface area contributed by atoms with Gasteiger partial charge in [-0.2, -0.15) is 0 Å². The van der Waals surface area contributed by atoms with Crippen LogP contribution in [0.5, 0.6) is 0 Å². The van der Waals surface area contributed by atoms with E-state index >= 15 is 0 Å². The van der Waals surface area contributed by atoms with Crippen molar-refractivity contribution in [2.24, 2.45) is 0 Å². The number of fused-ring (bicyclic) bond motifs is 1. The summed E-state index contributed by atoms with van der Waals surface area (Å²) < 4.78 is 1.88. The zero-order chi connectivity index (χ0) is 17.2. The Kier molecular flexibility index (Phi) is 4.25. The van der Waals surface area contributed by atoms with Gasteiger partial charge in [-0.3, -0.25) is 4.57 Å². The first-order valence-electron chi connectivity index (χ1n) is 7.50. The average Bonchev–Trinajstić information content (AvgIpc) is 3.09. The molecule has 2 aromatic carbocycles. The van der Waals surface area contributed by atoms with Crippen LogP contribution < -0.4 is 5.73 Å². The van der Waals surface area contributed by atoms with Crippen molar-refractivity contribution < 1.29 is 0 Å². The molecule has 0 unspecified atom stereocenters. The first-order chi connectivity index (χ1) is 12.2. The van der Waals surface area contributed by atoms with E-state index in [-0.39, 0.29) is 0 Å². The fourth-order valence-electron chi connectivity index (χ4n) is 2.47. The molecule has 0 aliphatic rings. The highest BCUT2D eigenvalue weighted by Crippen LogP contribution is 2.25. The number of hydrogen-bond acceptors (Lipinski definition) is 6. The lowest BCUT2D eigenvalue weighted by Gasteiger charge is -2.07. The van der Waals surface area contributed by atoms with E-state index in [2.05, 4.69) is 20.2 Å². The van der Waals surface area contributed by atoms with Crippen molar-refractivity contribution in [3.8, 4) is 5.69 Å². The first-order valence-corrected chi connectivity index (χ1v) is 8.87. The highest BCUT2D eigenvalue weighted by atomic mass is 35.5. The van der Waals surface area contributed by atoms with E-state index in [0.29, 0.717) is 22.4 Å². The maximum atomic E-state index is 6.07. The van der Waals surface area contributed by atoms with Gasteiger partial charge in [-0.15, -0.1) is 10.2 Å². The molecule has 2 aromatic heterocycles. The lowest BCUT2D eigenvalue weighted by molar-refractivity contribution is 0.881. The first kappa shape index (κ1) is 15.9. The lowest BCUT2D eigenvalue weighted by Crippen LogP contribution is -2.01. The molecule has 0 aliphatic carbocycles. The van der Waals surface area contributed by atoms with Crippen molar-refractivity contribution >= 4 is 40.1 Å². The number of benzene rings is 2. The molecule has 0 spiro atoms. The van der Waals surface area contributed by atoms with Gasteiger partial charge in [0.1, 0.15) is 18.0 Å². The Hall–Kier alpha value is -2.64. The van der Waals surface area contributed by atoms with Crippen LogP contribution in [-0.2, 0) is 5.75 Å². The minimum Gasteiger partial charge on any atom is -0.383 e. The number of nitrogens with zero attached hydrogens (tertiary/aromatic N) is 5. The zero-order valence-electron chi connectivity index (χ0n) is 13.0. The monoisotopic (exact) mass is 368 g/mol. The third-order valence-electron chi connectivity index (χ3n) is 3.61. The zero-order valence-corrected chi connectivity index (χ0v) is 14.6. The summed E-state index contributed by atoms with van der Waals surface area (Å²) in [5, 5.41) is 10.4. The normalized spacial score (nSPS) is 11.1. The van der Waals surface area contributed by atoms with Crippen molar-refractivity contribution in [3.63, 3.8) is 0 Å². The number of para-hydroxylation sites is 1. The Labute approximate surface area is 153 Å². The van der Waals surface area contributed by atoms with Gasteiger partial charge in [0.15, 0.2) is 5.16 Å². The Morgan fingerprint density at radius 3 is 2.84 bits per heavy atom. The number of anilines is 1. The van der Waals surface area contributed by atoms with Gasteiger partial charge in [-0.05, 0) is 30.3 Å². The average molecular weight is 369 g/mol. The van der Waals surface area contributed by atoms with Crippen LogP contribution in [0.4, 0.5) is 5.82 Å². The molecule has 0 bridgehead atoms. The Balaban J connectivity index is 1.60. The number of nitrogen functional groups attached to an aromatic ring is 1. The van der Waals surface area contributed by atoms with Gasteiger partial charge >= 0.3 is 0 Å². The third kappa shape index (κ3) is 3.29. The molecule has 4 aromatic rings. The topological polar surface area (TPSA) is 82.5 Å². The minimum absolute atomic E-state index is 0.484. The summed E-state index contributed by atoms with van der Waals surface area (Å²) in [4.78, 5) is 8.95. The van der Waals surface area contributed by atoms with E-state index in [9.17, 15) is 0 Å². The van der Waals surface area contributed by atoms with Gasteiger partial charge in [-0.1, -0.05) is 41.6 Å². The molecular weight excluding hydrogens is 356 g/mol. The standard InChI is InChI=1S/C17H13ClN6S/c18-11-4-3-5-12(8-11)24-10-20-23-17(24)25-9-15-21-14-7-2-1-6-13(14)16(19)22-15/h1-8,10H,9H2,(H2,19,21,22). The summed E-state index contributed by atoms with van der Waals surface area (Å²) in [6.07, 6.45) is 1.66. The van der Waals surface area contributed by atoms with Gasteiger partial charge in [0.05, 0.1) is 17.0 Å². The van der Waals surface area contributed by atoms with E-state index in [1.54, 1.807) is 6.33 Å². The predicted octanol–water partition coefficient (Wildman–Crippen LogP) is 3.74. The van der Waals surface area contributed by atoms with E-state index in [4.69, 9.17) is 17.3 Å². The van der Waals surface area contributed by atoms with Crippen molar-refractivity contribution in [3.05, 3.63) is 65.7 Å². The Bertz CT molecular complexity index is 1050. The number of rotatable bonds is 4. The summed E-state index contributed by atoms with van der Waals surface area (Å²) >= 11 is 7.56. The second-order valence-electron chi connectivity index (χ2n) is 5.29. The van der Waals surface area contributed by atoms with Crippen LogP contribution in [-0.4, -0.2) is 24.7 Å². The van der Waals surface area contributed by atoms with Crippen molar-refractivity contribution in [1.29, 1.82) is 0 Å². The second kappa shape index (κ2) is 6.70. The number of aromatic nitrogens is 5. The molecule has 0 radical (unpaired) electrons. The third-order valence-corrected chi connectivity index (χ3v) is 4.79. The molecule has 0 saturated heterocycles. The van der Waals surface area contributed by atoms with E-state index in [1.165, 1.54) is 11.8 Å². The second-order valence-corrected chi connectivity index (χ2v) is 6.67. The van der Waals surface area contributed by atoms with Crippen LogP contribution in [0, 0.1) is 0 Å². The summed E-state index contributed by atoms with van der Waals surface area (Å²) in [7, 11) is 0. The SMILES string of the molecule is Nc1nc(CSc2nncn2-c2cccc(Cl)c2)nc2ccccc12. The maximum Gasteiger partial charge on any atom is 0.196 e. The van der Waals surface area contributed by atoms with Crippen molar-refractivity contribution in [2.75, 3.05) is 5.73 Å². The summed E-state index contributed by atoms with van der Waals surface area (Å²) in [5.74, 6) is 1.67. The number of nitrogens with two attached hydrogens (primary N) is 1. The summed E-state index contributed by atoms with van der Waals surface area (Å²) in [6, 6.07) is 15.2. The molecule has 6 nitrogen and oxygen atoms in total. The quantitative estimate of drug-likeness (QED) is 0.552. The van der Waals surface area contributed by atoms with Crippen LogP contribution in [0.1, 0.15) is 5.82 Å². The van der Waals surface area contributed by atoms with Crippen LogP contribution in [0.3, 0.4) is 0 Å². The molecular formula is C17H13ClN6S. The molecule has 25 heavy (non-hydrogen) atoms. The maximum absolute atomic E-state index is 6.07. The van der Waals surface area contributed by atoms with Crippen LogP contribution in [0.15, 0.2) is 60.0 Å². The van der Waals surface area contributed by atoms with Gasteiger partial charge in [0, 0.05) is 10.4 Å². The molecule has 124 valence electrons. The van der Waals surface area contributed by atoms with E-state index < -0.39 is 0 Å². The molecule has 0 atom stereocenters. The van der Waals surface area contributed by atoms with Gasteiger partial charge < -0.3 is 5.73 Å². The fraction of sp³-hybridized carbons (Fsp3) is 0.0588. The van der Waals surface area contributed by atoms with E-state index in [0.717, 1.165) is 21.7 Å². The molecule has 0 saturated carbocycles. The highest BCUT2D eigenvalue weighted by Gasteiger charge is 2.10.